The van der Waals surface area contributed by atoms with Crippen LogP contribution in [0.5, 0.6) is 5.75 Å². The Labute approximate surface area is 189 Å². The summed E-state index contributed by atoms with van der Waals surface area (Å²) < 4.78 is 15.7. The second-order valence-corrected chi connectivity index (χ2v) is 7.72. The summed E-state index contributed by atoms with van der Waals surface area (Å²) in [6.45, 7) is 2.94. The minimum Gasteiger partial charge on any atom is -0.479 e. The molecule has 0 fully saturated rings. The normalized spacial score (nSPS) is 11.3. The molecule has 0 radical (unpaired) electrons. The molecule has 8 heteroatoms. The van der Waals surface area contributed by atoms with Crippen molar-refractivity contribution in [1.29, 1.82) is 0 Å². The van der Waals surface area contributed by atoms with Crippen LogP contribution in [0.15, 0.2) is 66.7 Å². The molecule has 2 aromatic carbocycles. The molecule has 1 atom stereocenters. The Morgan fingerprint density at radius 3 is 2.28 bits per heavy atom. The summed E-state index contributed by atoms with van der Waals surface area (Å²) in [6, 6.07) is 20.0. The number of carbonyl (C=O) groups is 3. The van der Waals surface area contributed by atoms with E-state index in [2.05, 4.69) is 5.32 Å². The molecule has 0 aliphatic heterocycles. The van der Waals surface area contributed by atoms with E-state index in [1.165, 1.54) is 18.3 Å². The van der Waals surface area contributed by atoms with Gasteiger partial charge in [0.1, 0.15) is 10.6 Å². The van der Waals surface area contributed by atoms with Gasteiger partial charge >= 0.3 is 11.9 Å². The molecule has 1 amide bonds. The lowest BCUT2D eigenvalue weighted by Crippen LogP contribution is -2.29. The molecular weight excluding hydrogens is 430 g/mol. The van der Waals surface area contributed by atoms with Crippen LogP contribution in [-0.4, -0.2) is 37.2 Å². The summed E-state index contributed by atoms with van der Waals surface area (Å²) in [5.41, 5.74) is 1.21. The fourth-order valence-electron chi connectivity index (χ4n) is 2.77. The van der Waals surface area contributed by atoms with Crippen molar-refractivity contribution in [3.05, 3.63) is 71.6 Å². The average Bonchev–Trinajstić information content (AvgIpc) is 3.22. The maximum absolute atomic E-state index is 12.4. The lowest BCUT2D eigenvalue weighted by atomic mass is 10.2. The van der Waals surface area contributed by atoms with Gasteiger partial charge in [0.2, 0.25) is 0 Å². The minimum atomic E-state index is -0.883. The SMILES string of the molecule is CCOC(=O)c1sc(-c2ccccc2)cc1NC(=O)COC(=O)[C@H](C)Oc1ccccc1. The van der Waals surface area contributed by atoms with Crippen molar-refractivity contribution < 1.29 is 28.6 Å². The third kappa shape index (κ3) is 6.18. The van der Waals surface area contributed by atoms with Gasteiger partial charge in [0, 0.05) is 4.88 Å². The zero-order chi connectivity index (χ0) is 22.9. The van der Waals surface area contributed by atoms with Gasteiger partial charge in [0.05, 0.1) is 12.3 Å². The number of esters is 2. The first-order chi connectivity index (χ1) is 15.5. The Balaban J connectivity index is 1.63. The molecule has 0 spiro atoms. The van der Waals surface area contributed by atoms with Crippen LogP contribution in [0.2, 0.25) is 0 Å². The number of benzene rings is 2. The first-order valence-corrected chi connectivity index (χ1v) is 10.8. The van der Waals surface area contributed by atoms with Crippen molar-refractivity contribution >= 4 is 34.9 Å². The van der Waals surface area contributed by atoms with Gasteiger partial charge in [-0.25, -0.2) is 9.59 Å². The fourth-order valence-corrected chi connectivity index (χ4v) is 3.78. The second-order valence-electron chi connectivity index (χ2n) is 6.67. The maximum Gasteiger partial charge on any atom is 0.350 e. The van der Waals surface area contributed by atoms with E-state index in [0.717, 1.165) is 10.4 Å². The third-order valence-electron chi connectivity index (χ3n) is 4.26. The highest BCUT2D eigenvalue weighted by atomic mass is 32.1. The second kappa shape index (κ2) is 11.1. The van der Waals surface area contributed by atoms with Crippen LogP contribution in [0.25, 0.3) is 10.4 Å². The van der Waals surface area contributed by atoms with Crippen molar-refractivity contribution in [2.45, 2.75) is 20.0 Å². The monoisotopic (exact) mass is 453 g/mol. The average molecular weight is 454 g/mol. The van der Waals surface area contributed by atoms with E-state index in [0.29, 0.717) is 11.4 Å². The number of ether oxygens (including phenoxy) is 3. The van der Waals surface area contributed by atoms with Crippen LogP contribution in [0.4, 0.5) is 5.69 Å². The van der Waals surface area contributed by atoms with Crippen LogP contribution in [-0.2, 0) is 19.1 Å². The van der Waals surface area contributed by atoms with E-state index >= 15 is 0 Å². The minimum absolute atomic E-state index is 0.210. The molecule has 166 valence electrons. The standard InChI is InChI=1S/C24H23NO6S/c1-3-29-24(28)22-19(14-20(32-22)17-10-6-4-7-11-17)25-21(26)15-30-23(27)16(2)31-18-12-8-5-9-13-18/h4-14,16H,3,15H2,1-2H3,(H,25,26)/t16-/m0/s1. The Hall–Kier alpha value is -3.65. The summed E-state index contributed by atoms with van der Waals surface area (Å²) in [5.74, 6) is -1.26. The van der Waals surface area contributed by atoms with Crippen LogP contribution in [0.1, 0.15) is 23.5 Å². The number of amides is 1. The molecule has 3 rings (SSSR count). The van der Waals surface area contributed by atoms with E-state index in [1.54, 1.807) is 37.3 Å². The Morgan fingerprint density at radius 2 is 1.62 bits per heavy atom. The van der Waals surface area contributed by atoms with Gasteiger partial charge in [-0.1, -0.05) is 48.5 Å². The number of anilines is 1. The van der Waals surface area contributed by atoms with Gasteiger partial charge in [0.15, 0.2) is 12.7 Å². The quantitative estimate of drug-likeness (QED) is 0.478. The van der Waals surface area contributed by atoms with E-state index in [9.17, 15) is 14.4 Å². The molecule has 1 N–H and O–H groups in total. The molecule has 32 heavy (non-hydrogen) atoms. The smallest absolute Gasteiger partial charge is 0.350 e. The van der Waals surface area contributed by atoms with Crippen molar-refractivity contribution in [3.8, 4) is 16.2 Å². The highest BCUT2D eigenvalue weighted by Gasteiger charge is 2.22. The number of para-hydroxylation sites is 1. The highest BCUT2D eigenvalue weighted by molar-refractivity contribution is 7.18. The Morgan fingerprint density at radius 1 is 0.969 bits per heavy atom. The van der Waals surface area contributed by atoms with Crippen LogP contribution in [0.3, 0.4) is 0 Å². The summed E-state index contributed by atoms with van der Waals surface area (Å²) in [4.78, 5) is 38.0. The van der Waals surface area contributed by atoms with Crippen LogP contribution in [0, 0.1) is 0 Å². The topological polar surface area (TPSA) is 90.9 Å². The Kier molecular flexibility index (Phi) is 7.99. The Bertz CT molecular complexity index is 1060. The van der Waals surface area contributed by atoms with E-state index in [1.807, 2.05) is 36.4 Å². The number of thiophene rings is 1. The molecule has 1 heterocycles. The van der Waals surface area contributed by atoms with Gasteiger partial charge in [-0.05, 0) is 37.6 Å². The number of rotatable bonds is 9. The summed E-state index contributed by atoms with van der Waals surface area (Å²) in [5, 5.41) is 2.64. The fraction of sp³-hybridized carbons (Fsp3) is 0.208. The number of nitrogens with one attached hydrogen (secondary N) is 1. The van der Waals surface area contributed by atoms with Crippen molar-refractivity contribution in [1.82, 2.24) is 0 Å². The van der Waals surface area contributed by atoms with Gasteiger partial charge < -0.3 is 19.5 Å². The highest BCUT2D eigenvalue weighted by Crippen LogP contribution is 2.35. The lowest BCUT2D eigenvalue weighted by Gasteiger charge is -2.13. The van der Waals surface area contributed by atoms with E-state index in [-0.39, 0.29) is 11.5 Å². The van der Waals surface area contributed by atoms with Gasteiger partial charge in [-0.15, -0.1) is 11.3 Å². The number of carbonyl (C=O) groups excluding carboxylic acids is 3. The summed E-state index contributed by atoms with van der Waals surface area (Å²) in [6.07, 6.45) is -0.883. The van der Waals surface area contributed by atoms with Crippen molar-refractivity contribution in [2.24, 2.45) is 0 Å². The summed E-state index contributed by atoms with van der Waals surface area (Å²) in [7, 11) is 0. The molecule has 0 saturated carbocycles. The van der Waals surface area contributed by atoms with Crippen LogP contribution < -0.4 is 10.1 Å². The molecule has 7 nitrogen and oxygen atoms in total. The number of hydrogen-bond acceptors (Lipinski definition) is 7. The molecule has 1 aromatic heterocycles. The molecule has 3 aromatic rings. The van der Waals surface area contributed by atoms with E-state index in [4.69, 9.17) is 14.2 Å². The van der Waals surface area contributed by atoms with Crippen molar-refractivity contribution in [3.63, 3.8) is 0 Å². The zero-order valence-corrected chi connectivity index (χ0v) is 18.5. The molecule has 0 aliphatic rings. The first-order valence-electron chi connectivity index (χ1n) is 10.0. The third-order valence-corrected chi connectivity index (χ3v) is 5.42. The lowest BCUT2D eigenvalue weighted by molar-refractivity contribution is -0.153. The molecule has 0 bridgehead atoms. The summed E-state index contributed by atoms with van der Waals surface area (Å²) >= 11 is 1.22. The molecule has 0 aliphatic carbocycles. The van der Waals surface area contributed by atoms with Gasteiger partial charge in [-0.3, -0.25) is 4.79 Å². The molecular formula is C24H23NO6S. The van der Waals surface area contributed by atoms with Crippen LogP contribution >= 0.6 is 11.3 Å². The predicted molar refractivity (Wildman–Crippen MR) is 122 cm³/mol. The largest absolute Gasteiger partial charge is 0.479 e. The zero-order valence-electron chi connectivity index (χ0n) is 17.7. The first kappa shape index (κ1) is 23.0. The molecule has 0 saturated heterocycles. The van der Waals surface area contributed by atoms with Gasteiger partial charge in [-0.2, -0.15) is 0 Å². The van der Waals surface area contributed by atoms with E-state index < -0.39 is 30.6 Å². The van der Waals surface area contributed by atoms with Crippen molar-refractivity contribution in [2.75, 3.05) is 18.5 Å². The molecule has 0 unspecified atom stereocenters. The predicted octanol–water partition coefficient (Wildman–Crippen LogP) is 4.54. The number of hydrogen-bond donors (Lipinski definition) is 1. The van der Waals surface area contributed by atoms with Gasteiger partial charge in [0.25, 0.3) is 5.91 Å². The maximum atomic E-state index is 12.4.